The molecule has 7 heteroatoms. The number of likely N-dealkylation sites (tertiary alicyclic amines) is 1. The standard InChI is InChI=1S/C19H22N4O3/c1-3-17(24)23-8-4-5-12(11-23)18(25)21-14-6-7-15-13(9-14)10-16(22-15)19(26)20-2/h3,6-7,9-10,12,22H,1,4-5,8,11H2,2H3,(H,20,26)(H,21,25). The molecule has 1 atom stereocenters. The van der Waals surface area contributed by atoms with Crippen LogP contribution in [0.5, 0.6) is 0 Å². The molecule has 0 radical (unpaired) electrons. The van der Waals surface area contributed by atoms with Gasteiger partial charge in [0.15, 0.2) is 0 Å². The SMILES string of the molecule is C=CC(=O)N1CCCC(C(=O)Nc2ccc3[nH]c(C(=O)NC)cc3c2)C1. The van der Waals surface area contributed by atoms with Gasteiger partial charge in [-0.25, -0.2) is 0 Å². The van der Waals surface area contributed by atoms with Gasteiger partial charge in [0.25, 0.3) is 5.91 Å². The molecular formula is C19H22N4O3. The number of aromatic amines is 1. The summed E-state index contributed by atoms with van der Waals surface area (Å²) in [5, 5.41) is 6.33. The first kappa shape index (κ1) is 17.7. The van der Waals surface area contributed by atoms with E-state index in [0.717, 1.165) is 23.7 Å². The number of fused-ring (bicyclic) bond motifs is 1. The summed E-state index contributed by atoms with van der Waals surface area (Å²) in [7, 11) is 1.57. The average molecular weight is 354 g/mol. The number of aromatic nitrogens is 1. The van der Waals surface area contributed by atoms with Crippen LogP contribution in [0.4, 0.5) is 5.69 Å². The molecular weight excluding hydrogens is 332 g/mol. The van der Waals surface area contributed by atoms with Crippen molar-refractivity contribution in [1.82, 2.24) is 15.2 Å². The Hall–Kier alpha value is -3.09. The van der Waals surface area contributed by atoms with Gasteiger partial charge in [0.2, 0.25) is 11.8 Å². The van der Waals surface area contributed by atoms with Crippen LogP contribution in [0.2, 0.25) is 0 Å². The average Bonchev–Trinajstić information content (AvgIpc) is 3.10. The summed E-state index contributed by atoms with van der Waals surface area (Å²) in [5.74, 6) is -0.678. The fourth-order valence-electron chi connectivity index (χ4n) is 3.23. The molecule has 7 nitrogen and oxygen atoms in total. The fraction of sp³-hybridized carbons (Fsp3) is 0.316. The van der Waals surface area contributed by atoms with E-state index in [1.807, 2.05) is 12.1 Å². The largest absolute Gasteiger partial charge is 0.354 e. The molecule has 3 N–H and O–H groups in total. The smallest absolute Gasteiger partial charge is 0.267 e. The summed E-state index contributed by atoms with van der Waals surface area (Å²) in [6, 6.07) is 7.19. The van der Waals surface area contributed by atoms with Gasteiger partial charge in [-0.15, -0.1) is 0 Å². The summed E-state index contributed by atoms with van der Waals surface area (Å²) in [4.78, 5) is 40.7. The van der Waals surface area contributed by atoms with Crippen molar-refractivity contribution in [3.63, 3.8) is 0 Å². The van der Waals surface area contributed by atoms with Crippen molar-refractivity contribution < 1.29 is 14.4 Å². The van der Waals surface area contributed by atoms with Crippen molar-refractivity contribution in [2.24, 2.45) is 5.92 Å². The quantitative estimate of drug-likeness (QED) is 0.732. The highest BCUT2D eigenvalue weighted by atomic mass is 16.2. The van der Waals surface area contributed by atoms with Crippen LogP contribution in [-0.4, -0.2) is 47.7 Å². The van der Waals surface area contributed by atoms with Crippen LogP contribution < -0.4 is 10.6 Å². The van der Waals surface area contributed by atoms with Crippen molar-refractivity contribution in [1.29, 1.82) is 0 Å². The van der Waals surface area contributed by atoms with Gasteiger partial charge in [0, 0.05) is 36.7 Å². The van der Waals surface area contributed by atoms with E-state index >= 15 is 0 Å². The van der Waals surface area contributed by atoms with Crippen LogP contribution >= 0.6 is 0 Å². The minimum Gasteiger partial charge on any atom is -0.354 e. The summed E-state index contributed by atoms with van der Waals surface area (Å²) in [6.45, 7) is 4.57. The van der Waals surface area contributed by atoms with Crippen molar-refractivity contribution in [3.8, 4) is 0 Å². The van der Waals surface area contributed by atoms with Gasteiger partial charge in [-0.1, -0.05) is 6.58 Å². The van der Waals surface area contributed by atoms with E-state index in [4.69, 9.17) is 0 Å². The fourth-order valence-corrected chi connectivity index (χ4v) is 3.23. The minimum atomic E-state index is -0.240. The number of H-pyrrole nitrogens is 1. The number of carbonyl (C=O) groups is 3. The second-order valence-electron chi connectivity index (χ2n) is 6.38. The van der Waals surface area contributed by atoms with Gasteiger partial charge < -0.3 is 20.5 Å². The topological polar surface area (TPSA) is 94.3 Å². The maximum absolute atomic E-state index is 12.6. The predicted molar refractivity (Wildman–Crippen MR) is 99.8 cm³/mol. The van der Waals surface area contributed by atoms with Gasteiger partial charge in [-0.2, -0.15) is 0 Å². The molecule has 1 fully saturated rings. The van der Waals surface area contributed by atoms with Gasteiger partial charge in [0.1, 0.15) is 5.69 Å². The summed E-state index contributed by atoms with van der Waals surface area (Å²) < 4.78 is 0. The number of anilines is 1. The first-order valence-corrected chi connectivity index (χ1v) is 8.59. The number of hydrogen-bond donors (Lipinski definition) is 3. The van der Waals surface area contributed by atoms with Crippen molar-refractivity contribution in [2.45, 2.75) is 12.8 Å². The van der Waals surface area contributed by atoms with Crippen molar-refractivity contribution >= 4 is 34.3 Å². The molecule has 1 aromatic carbocycles. The monoisotopic (exact) mass is 354 g/mol. The molecule has 3 amide bonds. The molecule has 2 heterocycles. The van der Waals surface area contributed by atoms with Gasteiger partial charge in [-0.3, -0.25) is 14.4 Å². The third-order valence-corrected chi connectivity index (χ3v) is 4.64. The number of amides is 3. The van der Waals surface area contributed by atoms with Crippen molar-refractivity contribution in [2.75, 3.05) is 25.5 Å². The normalized spacial score (nSPS) is 17.0. The number of hydrogen-bond acceptors (Lipinski definition) is 3. The van der Waals surface area contributed by atoms with Crippen LogP contribution in [0.25, 0.3) is 10.9 Å². The van der Waals surface area contributed by atoms with E-state index in [1.165, 1.54) is 6.08 Å². The van der Waals surface area contributed by atoms with Crippen LogP contribution in [-0.2, 0) is 9.59 Å². The molecule has 0 spiro atoms. The van der Waals surface area contributed by atoms with Gasteiger partial charge in [0.05, 0.1) is 5.92 Å². The first-order chi connectivity index (χ1) is 12.5. The third-order valence-electron chi connectivity index (χ3n) is 4.64. The molecule has 0 saturated carbocycles. The lowest BCUT2D eigenvalue weighted by Gasteiger charge is -2.31. The van der Waals surface area contributed by atoms with Crippen LogP contribution in [0.15, 0.2) is 36.9 Å². The molecule has 1 aliphatic rings. The molecule has 136 valence electrons. The van der Waals surface area contributed by atoms with E-state index in [-0.39, 0.29) is 23.6 Å². The summed E-state index contributed by atoms with van der Waals surface area (Å²) in [5.41, 5.74) is 1.95. The molecule has 3 rings (SSSR count). The van der Waals surface area contributed by atoms with E-state index in [0.29, 0.717) is 24.5 Å². The highest BCUT2D eigenvalue weighted by Crippen LogP contribution is 2.23. The zero-order chi connectivity index (χ0) is 18.7. The molecule has 1 aromatic heterocycles. The second-order valence-corrected chi connectivity index (χ2v) is 6.38. The highest BCUT2D eigenvalue weighted by molar-refractivity contribution is 6.00. The number of carbonyl (C=O) groups excluding carboxylic acids is 3. The second kappa shape index (κ2) is 7.43. The summed E-state index contributed by atoms with van der Waals surface area (Å²) >= 11 is 0. The lowest BCUT2D eigenvalue weighted by molar-refractivity contribution is -0.130. The Labute approximate surface area is 151 Å². The van der Waals surface area contributed by atoms with Gasteiger partial charge >= 0.3 is 0 Å². The minimum absolute atomic E-state index is 0.104. The van der Waals surface area contributed by atoms with Crippen LogP contribution in [0.3, 0.4) is 0 Å². The molecule has 1 unspecified atom stereocenters. The first-order valence-electron chi connectivity index (χ1n) is 8.59. The van der Waals surface area contributed by atoms with Crippen LogP contribution in [0.1, 0.15) is 23.3 Å². The highest BCUT2D eigenvalue weighted by Gasteiger charge is 2.27. The Morgan fingerprint density at radius 3 is 2.85 bits per heavy atom. The maximum Gasteiger partial charge on any atom is 0.267 e. The number of nitrogens with zero attached hydrogens (tertiary/aromatic N) is 1. The number of benzene rings is 1. The molecule has 1 aliphatic heterocycles. The molecule has 1 saturated heterocycles. The number of piperidine rings is 1. The van der Waals surface area contributed by atoms with E-state index in [1.54, 1.807) is 24.1 Å². The Kier molecular flexibility index (Phi) is 5.06. The van der Waals surface area contributed by atoms with E-state index in [2.05, 4.69) is 22.2 Å². The number of rotatable bonds is 4. The zero-order valence-corrected chi connectivity index (χ0v) is 14.7. The van der Waals surface area contributed by atoms with Crippen molar-refractivity contribution in [3.05, 3.63) is 42.6 Å². The molecule has 0 bridgehead atoms. The lowest BCUT2D eigenvalue weighted by atomic mass is 9.97. The number of nitrogens with one attached hydrogen (secondary N) is 3. The maximum atomic E-state index is 12.6. The zero-order valence-electron chi connectivity index (χ0n) is 14.7. The summed E-state index contributed by atoms with van der Waals surface area (Å²) in [6.07, 6.45) is 2.83. The molecule has 2 aromatic rings. The Balaban J connectivity index is 1.71. The Bertz CT molecular complexity index is 871. The predicted octanol–water partition coefficient (Wildman–Crippen LogP) is 1.89. The third kappa shape index (κ3) is 3.61. The Morgan fingerprint density at radius 1 is 1.31 bits per heavy atom. The van der Waals surface area contributed by atoms with Gasteiger partial charge in [-0.05, 0) is 43.2 Å². The van der Waals surface area contributed by atoms with E-state index < -0.39 is 0 Å². The van der Waals surface area contributed by atoms with Crippen LogP contribution in [0, 0.1) is 5.92 Å². The molecule has 0 aliphatic carbocycles. The lowest BCUT2D eigenvalue weighted by Crippen LogP contribution is -2.43. The molecule has 26 heavy (non-hydrogen) atoms. The van der Waals surface area contributed by atoms with E-state index in [9.17, 15) is 14.4 Å². The Morgan fingerprint density at radius 2 is 2.12 bits per heavy atom.